The molecule has 0 bridgehead atoms. The standard InChI is InChI=1S/C22H25N3O3/c26-20-18(16-4-2-1-3-5-16)14-22(15-25(20)17-6-7-17)9-11-24(12-10-22)21(27)19-8-13-28-23-19/h1-5,8,13,17-18H,6-7,9-12,14-15H2/t18-/m1/s1. The highest BCUT2D eigenvalue weighted by Gasteiger charge is 2.49. The number of piperidine rings is 2. The number of likely N-dealkylation sites (tertiary alicyclic amines) is 2. The third kappa shape index (κ3) is 3.11. The molecule has 2 aromatic rings. The molecule has 0 radical (unpaired) electrons. The molecule has 3 fully saturated rings. The van der Waals surface area contributed by atoms with E-state index < -0.39 is 0 Å². The summed E-state index contributed by atoms with van der Waals surface area (Å²) in [4.78, 5) is 29.8. The molecule has 0 unspecified atom stereocenters. The van der Waals surface area contributed by atoms with E-state index in [1.807, 2.05) is 23.1 Å². The van der Waals surface area contributed by atoms with Crippen molar-refractivity contribution in [3.63, 3.8) is 0 Å². The summed E-state index contributed by atoms with van der Waals surface area (Å²) >= 11 is 0. The average Bonchev–Trinajstić information content (AvgIpc) is 3.43. The Morgan fingerprint density at radius 3 is 2.50 bits per heavy atom. The van der Waals surface area contributed by atoms with Crippen molar-refractivity contribution >= 4 is 11.8 Å². The Kier molecular flexibility index (Phi) is 4.22. The molecular formula is C22H25N3O3. The quantitative estimate of drug-likeness (QED) is 0.822. The lowest BCUT2D eigenvalue weighted by Crippen LogP contribution is -2.55. The Balaban J connectivity index is 1.35. The minimum absolute atomic E-state index is 0.0610. The first-order chi connectivity index (χ1) is 13.7. The van der Waals surface area contributed by atoms with Gasteiger partial charge in [0, 0.05) is 31.7 Å². The minimum atomic E-state index is -0.0617. The van der Waals surface area contributed by atoms with Crippen molar-refractivity contribution in [3.8, 4) is 0 Å². The normalized spacial score (nSPS) is 24.6. The molecule has 1 aromatic heterocycles. The van der Waals surface area contributed by atoms with E-state index in [9.17, 15) is 9.59 Å². The van der Waals surface area contributed by atoms with Crippen LogP contribution in [0.25, 0.3) is 0 Å². The molecule has 146 valence electrons. The van der Waals surface area contributed by atoms with Crippen molar-refractivity contribution in [1.29, 1.82) is 0 Å². The van der Waals surface area contributed by atoms with Crippen molar-refractivity contribution in [2.24, 2.45) is 5.41 Å². The lowest BCUT2D eigenvalue weighted by Gasteiger charge is -2.50. The summed E-state index contributed by atoms with van der Waals surface area (Å²) in [5, 5.41) is 3.78. The van der Waals surface area contributed by atoms with Gasteiger partial charge in [-0.25, -0.2) is 0 Å². The van der Waals surface area contributed by atoms with Crippen LogP contribution in [0.2, 0.25) is 0 Å². The van der Waals surface area contributed by atoms with Gasteiger partial charge in [0.05, 0.1) is 5.92 Å². The molecule has 3 heterocycles. The van der Waals surface area contributed by atoms with Crippen LogP contribution >= 0.6 is 0 Å². The Morgan fingerprint density at radius 2 is 1.86 bits per heavy atom. The third-order valence-electron chi connectivity index (χ3n) is 6.68. The van der Waals surface area contributed by atoms with Gasteiger partial charge in [-0.2, -0.15) is 0 Å². The number of rotatable bonds is 3. The van der Waals surface area contributed by atoms with Crippen LogP contribution in [0.15, 0.2) is 47.2 Å². The van der Waals surface area contributed by atoms with Crippen molar-refractivity contribution in [2.75, 3.05) is 19.6 Å². The Morgan fingerprint density at radius 1 is 1.11 bits per heavy atom. The lowest BCUT2D eigenvalue weighted by atomic mass is 9.67. The van der Waals surface area contributed by atoms with Gasteiger partial charge in [-0.15, -0.1) is 0 Å². The zero-order chi connectivity index (χ0) is 19.1. The first-order valence-electron chi connectivity index (χ1n) is 10.2. The summed E-state index contributed by atoms with van der Waals surface area (Å²) in [6.45, 7) is 2.26. The highest BCUT2D eigenvalue weighted by molar-refractivity contribution is 5.92. The van der Waals surface area contributed by atoms with Crippen LogP contribution in [0.3, 0.4) is 0 Å². The fourth-order valence-electron chi connectivity index (χ4n) is 4.90. The number of nitrogens with zero attached hydrogens (tertiary/aromatic N) is 3. The van der Waals surface area contributed by atoms with Crippen LogP contribution in [0.4, 0.5) is 0 Å². The summed E-state index contributed by atoms with van der Waals surface area (Å²) in [6.07, 6.45) is 6.42. The summed E-state index contributed by atoms with van der Waals surface area (Å²) < 4.78 is 4.82. The fourth-order valence-corrected chi connectivity index (χ4v) is 4.90. The highest BCUT2D eigenvalue weighted by atomic mass is 16.5. The van der Waals surface area contributed by atoms with Gasteiger partial charge in [0.25, 0.3) is 5.91 Å². The zero-order valence-corrected chi connectivity index (χ0v) is 15.9. The predicted molar refractivity (Wildman–Crippen MR) is 103 cm³/mol. The van der Waals surface area contributed by atoms with Crippen LogP contribution in [-0.4, -0.2) is 52.4 Å². The summed E-state index contributed by atoms with van der Waals surface area (Å²) in [7, 11) is 0. The number of hydrogen-bond donors (Lipinski definition) is 0. The van der Waals surface area contributed by atoms with E-state index in [1.165, 1.54) is 6.26 Å². The average molecular weight is 379 g/mol. The van der Waals surface area contributed by atoms with Gasteiger partial charge in [-0.3, -0.25) is 9.59 Å². The number of carbonyl (C=O) groups excluding carboxylic acids is 2. The summed E-state index contributed by atoms with van der Waals surface area (Å²) in [6, 6.07) is 12.2. The molecule has 2 aliphatic heterocycles. The van der Waals surface area contributed by atoms with Crippen molar-refractivity contribution in [3.05, 3.63) is 53.9 Å². The highest BCUT2D eigenvalue weighted by Crippen LogP contribution is 2.48. The summed E-state index contributed by atoms with van der Waals surface area (Å²) in [5.41, 5.74) is 1.59. The topological polar surface area (TPSA) is 66.7 Å². The first kappa shape index (κ1) is 17.5. The van der Waals surface area contributed by atoms with E-state index >= 15 is 0 Å². The molecule has 2 amide bonds. The van der Waals surface area contributed by atoms with Gasteiger partial charge in [0.2, 0.25) is 5.91 Å². The zero-order valence-electron chi connectivity index (χ0n) is 15.9. The van der Waals surface area contributed by atoms with E-state index in [4.69, 9.17) is 4.52 Å². The largest absolute Gasteiger partial charge is 0.364 e. The molecule has 1 aromatic carbocycles. The maximum atomic E-state index is 13.2. The van der Waals surface area contributed by atoms with Gasteiger partial charge in [0.15, 0.2) is 5.69 Å². The molecule has 6 heteroatoms. The predicted octanol–water partition coefficient (Wildman–Crippen LogP) is 3.08. The fraction of sp³-hybridized carbons (Fsp3) is 0.500. The second-order valence-corrected chi connectivity index (χ2v) is 8.54. The minimum Gasteiger partial charge on any atom is -0.364 e. The van der Waals surface area contributed by atoms with Crippen LogP contribution in [0.5, 0.6) is 0 Å². The number of aromatic nitrogens is 1. The SMILES string of the molecule is O=C(c1ccon1)N1CCC2(CC1)C[C@H](c1ccccc1)C(=O)N(C1CC1)C2. The molecule has 1 saturated carbocycles. The first-order valence-corrected chi connectivity index (χ1v) is 10.2. The monoisotopic (exact) mass is 379 g/mol. The van der Waals surface area contributed by atoms with E-state index in [1.54, 1.807) is 6.07 Å². The van der Waals surface area contributed by atoms with Gasteiger partial charge >= 0.3 is 0 Å². The second kappa shape index (κ2) is 6.76. The second-order valence-electron chi connectivity index (χ2n) is 8.54. The van der Waals surface area contributed by atoms with E-state index in [0.717, 1.165) is 44.2 Å². The molecule has 1 spiro atoms. The van der Waals surface area contributed by atoms with Crippen molar-refractivity contribution in [2.45, 2.75) is 44.1 Å². The van der Waals surface area contributed by atoms with Crippen LogP contribution in [0, 0.1) is 5.41 Å². The van der Waals surface area contributed by atoms with Gasteiger partial charge in [0.1, 0.15) is 6.26 Å². The molecular weight excluding hydrogens is 354 g/mol. The van der Waals surface area contributed by atoms with Gasteiger partial charge < -0.3 is 14.3 Å². The number of amides is 2. The molecule has 1 atom stereocenters. The maximum Gasteiger partial charge on any atom is 0.276 e. The molecule has 1 aliphatic carbocycles. The van der Waals surface area contributed by atoms with Crippen molar-refractivity contribution < 1.29 is 14.1 Å². The number of hydrogen-bond acceptors (Lipinski definition) is 4. The van der Waals surface area contributed by atoms with Crippen molar-refractivity contribution in [1.82, 2.24) is 15.0 Å². The number of carbonyl (C=O) groups is 2. The molecule has 28 heavy (non-hydrogen) atoms. The third-order valence-corrected chi connectivity index (χ3v) is 6.68. The van der Waals surface area contributed by atoms with Gasteiger partial charge in [-0.1, -0.05) is 35.5 Å². The molecule has 5 rings (SSSR count). The van der Waals surface area contributed by atoms with Crippen LogP contribution < -0.4 is 0 Å². The van der Waals surface area contributed by atoms with E-state index in [2.05, 4.69) is 22.2 Å². The molecule has 0 N–H and O–H groups in total. The number of benzene rings is 1. The van der Waals surface area contributed by atoms with E-state index in [-0.39, 0.29) is 17.2 Å². The summed E-state index contributed by atoms with van der Waals surface area (Å²) in [5.74, 6) is 0.169. The van der Waals surface area contributed by atoms with E-state index in [0.29, 0.717) is 30.7 Å². The maximum absolute atomic E-state index is 13.2. The Bertz CT molecular complexity index is 852. The van der Waals surface area contributed by atoms with Crippen LogP contribution in [-0.2, 0) is 4.79 Å². The molecule has 2 saturated heterocycles. The molecule has 6 nitrogen and oxygen atoms in total. The Hall–Kier alpha value is -2.63. The smallest absolute Gasteiger partial charge is 0.276 e. The Labute approximate surface area is 164 Å². The van der Waals surface area contributed by atoms with Crippen LogP contribution in [0.1, 0.15) is 54.1 Å². The lowest BCUT2D eigenvalue weighted by molar-refractivity contribution is -0.142. The van der Waals surface area contributed by atoms with Gasteiger partial charge in [-0.05, 0) is 43.1 Å². The molecule has 3 aliphatic rings.